The van der Waals surface area contributed by atoms with Gasteiger partial charge in [0.2, 0.25) is 5.95 Å². The van der Waals surface area contributed by atoms with Crippen LogP contribution in [0.1, 0.15) is 89.5 Å². The van der Waals surface area contributed by atoms with Crippen molar-refractivity contribution < 1.29 is 126 Å². The van der Waals surface area contributed by atoms with E-state index in [1.165, 1.54) is 56.0 Å². The Morgan fingerprint density at radius 3 is 2.14 bits per heavy atom. The van der Waals surface area contributed by atoms with E-state index in [0.29, 0.717) is 12.1 Å². The molecule has 23 nitrogen and oxygen atoms in total. The summed E-state index contributed by atoms with van der Waals surface area (Å²) in [6.45, 7) is 0.873. The van der Waals surface area contributed by atoms with Crippen molar-refractivity contribution in [2.45, 2.75) is 146 Å². The predicted molar refractivity (Wildman–Crippen MR) is 189 cm³/mol. The van der Waals surface area contributed by atoms with Crippen LogP contribution in [0.25, 0.3) is 11.2 Å². The number of aliphatic hydroxyl groups excluding tert-OH is 5. The number of nitrogen functional groups attached to an aromatic ring is 1. The average Bonchev–Trinajstić information content (AvgIpc) is 3.84. The molecule has 0 aromatic carbocycles. The molecule has 0 spiro atoms. The Hall–Kier alpha value is -0.730. The summed E-state index contributed by atoms with van der Waals surface area (Å²) in [5, 5.41) is 60.5. The van der Waals surface area contributed by atoms with Gasteiger partial charge >= 0.3 is 59.1 Å². The van der Waals surface area contributed by atoms with Gasteiger partial charge in [0.05, 0.1) is 25.2 Å². The fourth-order valence-corrected chi connectivity index (χ4v) is 8.62. The minimum atomic E-state index is -5.96. The molecule has 0 amide bonds. The van der Waals surface area contributed by atoms with Gasteiger partial charge in [-0.15, -0.1) is 5.10 Å². The van der Waals surface area contributed by atoms with E-state index in [-0.39, 0.29) is 82.8 Å². The van der Waals surface area contributed by atoms with Crippen LogP contribution in [0.5, 0.6) is 0 Å². The number of aromatic nitrogens is 7. The minimum Gasteiger partial charge on any atom is -0.756 e. The molecule has 0 bridgehead atoms. The molecule has 0 radical (unpaired) electrons. The van der Waals surface area contributed by atoms with Crippen LogP contribution in [0.3, 0.4) is 0 Å². The Bertz CT molecular complexity index is 1880. The number of hydrogen-bond acceptors (Lipinski definition) is 20. The molecule has 3 aromatic rings. The summed E-state index contributed by atoms with van der Waals surface area (Å²) < 4.78 is 51.8. The molecule has 0 saturated carbocycles. The number of imidazole rings is 1. The second kappa shape index (κ2) is 23.6. The molecule has 2 unspecified atom stereocenters. The molecule has 27 heteroatoms. The molecule has 8 N–H and O–H groups in total. The SMILES string of the molecule is CCCCCCCCCCCCCc1cn(C[C@@H]2O[C@H](OP(=O)([O-])OP(=O)([O-])OC[C@H]3O[C@@H](n4cnc5c(=O)[nH]c(N)nc54)[C@H](O)[C@@H]3O)[C@@H](O)[C@H](O)[C@@H]2O)nn1.[Na+].[Na+]. The van der Waals surface area contributed by atoms with Gasteiger partial charge in [-0.1, -0.05) is 76.3 Å². The van der Waals surface area contributed by atoms with E-state index in [1.54, 1.807) is 6.20 Å². The van der Waals surface area contributed by atoms with Gasteiger partial charge < -0.3 is 55.1 Å². The number of H-pyrrole nitrogens is 1. The third-order valence-corrected chi connectivity index (χ3v) is 12.1. The smallest absolute Gasteiger partial charge is 0.756 e. The van der Waals surface area contributed by atoms with Crippen LogP contribution in [-0.2, 0) is 44.9 Å². The van der Waals surface area contributed by atoms with Crippen LogP contribution >= 0.6 is 15.6 Å². The first kappa shape index (κ1) is 51.6. The van der Waals surface area contributed by atoms with Gasteiger partial charge in [0, 0.05) is 6.20 Å². The van der Waals surface area contributed by atoms with E-state index in [2.05, 4.69) is 45.5 Å². The molecule has 0 aliphatic carbocycles. The monoisotopic (exact) mass is 882 g/mol. The maximum absolute atomic E-state index is 12.7. The molecule has 2 aliphatic rings. The number of nitrogens with zero attached hydrogens (tertiary/aromatic N) is 6. The zero-order valence-corrected chi connectivity index (χ0v) is 38.5. The van der Waals surface area contributed by atoms with Crippen molar-refractivity contribution in [2.24, 2.45) is 0 Å². The van der Waals surface area contributed by atoms with Crippen molar-refractivity contribution in [3.05, 3.63) is 28.6 Å². The number of rotatable bonds is 22. The molecular formula is C31H50N8Na2O15P2. The van der Waals surface area contributed by atoms with Gasteiger partial charge in [0.25, 0.3) is 21.2 Å². The van der Waals surface area contributed by atoms with Gasteiger partial charge in [-0.3, -0.25) is 28.0 Å². The van der Waals surface area contributed by atoms with Crippen molar-refractivity contribution in [2.75, 3.05) is 12.3 Å². The number of aryl methyl sites for hydroxylation is 1. The van der Waals surface area contributed by atoms with Gasteiger partial charge in [-0.2, -0.15) is 4.98 Å². The zero-order valence-electron chi connectivity index (χ0n) is 32.7. The van der Waals surface area contributed by atoms with Crippen molar-refractivity contribution in [3.8, 4) is 0 Å². The standard InChI is InChI=1S/C31H52N8O15P2.2Na/c1-2-3-4-5-6-7-8-9-10-11-12-13-18-14-38(37-36-18)15-19-22(40)24(42)26(44)30(52-19)53-56(48,49)54-55(46,47)50-16-20-23(41)25(43)29(51-20)39-17-33-21-27(39)34-31(32)35-28(21)45;;/h14,17,19-20,22-26,29-30,40-44H,2-13,15-16H2,1H3,(H,46,47)(H,48,49)(H3,32,34,35,45);;/q;2*+1/p-2/t19-,20+,22+,23+,24+,25+,26-,29+,30+;;/m0../s1. The summed E-state index contributed by atoms with van der Waals surface area (Å²) in [5.41, 5.74) is 5.24. The number of nitrogens with two attached hydrogens (primary N) is 1. The Morgan fingerprint density at radius 1 is 0.862 bits per heavy atom. The summed E-state index contributed by atoms with van der Waals surface area (Å²) in [5.74, 6) is -0.285. The summed E-state index contributed by atoms with van der Waals surface area (Å²) in [4.78, 5) is 47.3. The van der Waals surface area contributed by atoms with E-state index in [0.717, 1.165) is 30.2 Å². The van der Waals surface area contributed by atoms with Gasteiger partial charge in [-0.25, -0.2) is 14.0 Å². The number of aromatic amines is 1. The number of phosphoric acid groups is 2. The zero-order chi connectivity index (χ0) is 40.6. The Balaban J connectivity index is 0.00000450. The predicted octanol–water partition coefficient (Wildman–Crippen LogP) is -6.73. The van der Waals surface area contributed by atoms with E-state index in [4.69, 9.17) is 15.2 Å². The fraction of sp³-hybridized carbons (Fsp3) is 0.774. The maximum Gasteiger partial charge on any atom is 1.00 e. The Labute approximate surface area is 377 Å². The molecular weight excluding hydrogens is 832 g/mol. The van der Waals surface area contributed by atoms with Crippen LogP contribution in [0.4, 0.5) is 5.95 Å². The van der Waals surface area contributed by atoms with Crippen LogP contribution in [0.2, 0.25) is 0 Å². The summed E-state index contributed by atoms with van der Waals surface area (Å²) >= 11 is 0. The molecule has 5 rings (SSSR count). The van der Waals surface area contributed by atoms with Crippen molar-refractivity contribution in [1.29, 1.82) is 0 Å². The number of phosphoric ester groups is 2. The normalized spacial score (nSPS) is 28.1. The summed E-state index contributed by atoms with van der Waals surface area (Å²) in [6, 6.07) is 0. The fourth-order valence-electron chi connectivity index (χ4n) is 6.53. The average molecular weight is 883 g/mol. The quantitative estimate of drug-likeness (QED) is 0.0280. The van der Waals surface area contributed by atoms with E-state index in [9.17, 15) is 49.2 Å². The molecule has 316 valence electrons. The third-order valence-electron chi connectivity index (χ3n) is 9.55. The largest absolute Gasteiger partial charge is 1.00 e. The van der Waals surface area contributed by atoms with Gasteiger partial charge in [-0.05, 0) is 12.8 Å². The number of ether oxygens (including phenoxy) is 2. The van der Waals surface area contributed by atoms with E-state index in [1.807, 2.05) is 0 Å². The van der Waals surface area contributed by atoms with Crippen molar-refractivity contribution >= 4 is 32.8 Å². The molecule has 3 aromatic heterocycles. The second-order valence-electron chi connectivity index (χ2n) is 13.9. The molecule has 2 aliphatic heterocycles. The molecule has 5 heterocycles. The number of fused-ring (bicyclic) bond motifs is 1. The van der Waals surface area contributed by atoms with E-state index >= 15 is 0 Å². The molecule has 11 atom stereocenters. The molecule has 2 saturated heterocycles. The number of anilines is 1. The van der Waals surface area contributed by atoms with Crippen LogP contribution in [0, 0.1) is 0 Å². The van der Waals surface area contributed by atoms with Crippen molar-refractivity contribution in [1.82, 2.24) is 34.5 Å². The Morgan fingerprint density at radius 2 is 1.48 bits per heavy atom. The van der Waals surface area contributed by atoms with E-state index < -0.39 is 83.1 Å². The van der Waals surface area contributed by atoms with Gasteiger partial charge in [0.1, 0.15) is 42.7 Å². The molecule has 58 heavy (non-hydrogen) atoms. The van der Waals surface area contributed by atoms with Crippen LogP contribution < -0.4 is 80.2 Å². The minimum absolute atomic E-state index is 0. The molecule has 2 fully saturated rings. The first-order valence-corrected chi connectivity index (χ1v) is 21.5. The first-order chi connectivity index (χ1) is 26.6. The third kappa shape index (κ3) is 14.1. The topological polar surface area (TPSA) is 348 Å². The Kier molecular flexibility index (Phi) is 21.0. The summed E-state index contributed by atoms with van der Waals surface area (Å²) in [7, 11) is -11.8. The number of aliphatic hydroxyl groups is 5. The van der Waals surface area contributed by atoms with Crippen LogP contribution in [0.15, 0.2) is 17.3 Å². The summed E-state index contributed by atoms with van der Waals surface area (Å²) in [6.07, 6.45) is 0.259. The first-order valence-electron chi connectivity index (χ1n) is 18.6. The number of nitrogens with one attached hydrogen (secondary N) is 1. The van der Waals surface area contributed by atoms with Crippen LogP contribution in [-0.4, -0.2) is 116 Å². The number of unbranched alkanes of at least 4 members (excludes halogenated alkanes) is 10. The van der Waals surface area contributed by atoms with Gasteiger partial charge in [0.15, 0.2) is 23.7 Å². The van der Waals surface area contributed by atoms with Crippen molar-refractivity contribution in [3.63, 3.8) is 0 Å². The maximum atomic E-state index is 12.7. The second-order valence-corrected chi connectivity index (χ2v) is 16.8. The number of hydrogen-bond donors (Lipinski definition) is 7.